The van der Waals surface area contributed by atoms with Crippen molar-refractivity contribution in [1.29, 1.82) is 0 Å². The second kappa shape index (κ2) is 19.5. The molecule has 2 aromatic heterocycles. The van der Waals surface area contributed by atoms with E-state index >= 15 is 0 Å². The fraction of sp³-hybridized carbons (Fsp3) is 0.308. The molecule has 0 bridgehead atoms. The number of hydrogen-bond acceptors (Lipinski definition) is 7. The molecule has 9 rings (SSSR count). The lowest BCUT2D eigenvalue weighted by Gasteiger charge is -2.29. The molecule has 1 aliphatic carbocycles. The fourth-order valence-corrected chi connectivity index (χ4v) is 9.37. The van der Waals surface area contributed by atoms with Crippen LogP contribution in [0.15, 0.2) is 122 Å². The second-order valence-corrected chi connectivity index (χ2v) is 17.0. The lowest BCUT2D eigenvalue weighted by atomic mass is 10.0. The molecule has 0 unspecified atom stereocenters. The van der Waals surface area contributed by atoms with Gasteiger partial charge in [-0.15, -0.1) is 0 Å². The van der Waals surface area contributed by atoms with Gasteiger partial charge < -0.3 is 35.1 Å². The molecule has 330 valence electrons. The van der Waals surface area contributed by atoms with Gasteiger partial charge in [-0.05, 0) is 85.0 Å². The van der Waals surface area contributed by atoms with Gasteiger partial charge in [-0.2, -0.15) is 0 Å². The highest BCUT2D eigenvalue weighted by molar-refractivity contribution is 5.90. The molecule has 4 amide bonds. The number of aromatic amines is 2. The summed E-state index contributed by atoms with van der Waals surface area (Å²) in [4.78, 5) is 73.6. The number of nitrogens with one attached hydrogen (secondary N) is 4. The van der Waals surface area contributed by atoms with E-state index in [1.165, 1.54) is 7.11 Å². The zero-order chi connectivity index (χ0) is 44.7. The molecule has 3 aliphatic rings. The number of ether oxygens (including phenoxy) is 1. The van der Waals surface area contributed by atoms with Gasteiger partial charge in [0.15, 0.2) is 0 Å². The molecular formula is C52H52N8O5. The van der Waals surface area contributed by atoms with Crippen LogP contribution < -0.4 is 10.6 Å². The monoisotopic (exact) mass is 868 g/mol. The first-order chi connectivity index (χ1) is 31.8. The molecule has 4 N–H and O–H groups in total. The minimum Gasteiger partial charge on any atom is -0.453 e. The van der Waals surface area contributed by atoms with Gasteiger partial charge in [-0.3, -0.25) is 14.4 Å². The van der Waals surface area contributed by atoms with Crippen molar-refractivity contribution in [3.63, 3.8) is 0 Å². The molecule has 6 aromatic rings. The van der Waals surface area contributed by atoms with E-state index in [0.29, 0.717) is 24.5 Å². The number of carbonyl (C=O) groups is 4. The molecule has 0 spiro atoms. The van der Waals surface area contributed by atoms with E-state index in [1.807, 2.05) is 120 Å². The van der Waals surface area contributed by atoms with Crippen LogP contribution in [0.3, 0.4) is 0 Å². The molecule has 0 radical (unpaired) electrons. The predicted molar refractivity (Wildman–Crippen MR) is 245 cm³/mol. The Kier molecular flexibility index (Phi) is 12.9. The molecule has 13 heteroatoms. The van der Waals surface area contributed by atoms with Crippen LogP contribution in [0.25, 0.3) is 22.5 Å². The molecule has 4 heterocycles. The van der Waals surface area contributed by atoms with Gasteiger partial charge in [0.1, 0.15) is 23.7 Å². The fourth-order valence-electron chi connectivity index (χ4n) is 9.37. The average Bonchev–Trinajstić information content (AvgIpc) is 4.22. The van der Waals surface area contributed by atoms with Crippen molar-refractivity contribution in [2.45, 2.75) is 75.5 Å². The lowest BCUT2D eigenvalue weighted by molar-refractivity contribution is -0.138. The Labute approximate surface area is 378 Å². The number of hydrogen-bond donors (Lipinski definition) is 4. The van der Waals surface area contributed by atoms with E-state index < -0.39 is 18.2 Å². The summed E-state index contributed by atoms with van der Waals surface area (Å²) in [5.74, 6) is 7.57. The highest BCUT2D eigenvalue weighted by Gasteiger charge is 2.39. The number of likely N-dealkylation sites (tertiary alicyclic amines) is 2. The van der Waals surface area contributed by atoms with Gasteiger partial charge in [0.25, 0.3) is 5.91 Å². The summed E-state index contributed by atoms with van der Waals surface area (Å²) >= 11 is 0. The van der Waals surface area contributed by atoms with Crippen LogP contribution >= 0.6 is 0 Å². The SMILES string of the molecule is COC(=O)N[C@@H](C(=O)N1CCC[C@H]1c1ncc(-c2ccc(C#Cc3ccc(-c4cnc([C@@H]5CCCN5C(=O)[C@H](NC(=O)C5CCCC5)c5ccccc5)[nH]4)cc3)cc2)[nH]1)c1ccccc1. The van der Waals surface area contributed by atoms with Crippen molar-refractivity contribution in [2.24, 2.45) is 5.92 Å². The first-order valence-electron chi connectivity index (χ1n) is 22.5. The number of benzene rings is 4. The first kappa shape index (κ1) is 42.8. The topological polar surface area (TPSA) is 165 Å². The number of carbonyl (C=O) groups excluding carboxylic acids is 4. The number of nitrogens with zero attached hydrogens (tertiary/aromatic N) is 4. The molecule has 3 fully saturated rings. The number of methoxy groups -OCH3 is 1. The second-order valence-electron chi connectivity index (χ2n) is 17.0. The van der Waals surface area contributed by atoms with E-state index in [2.05, 4.69) is 37.4 Å². The molecule has 2 aliphatic heterocycles. The number of amides is 4. The maximum atomic E-state index is 14.2. The van der Waals surface area contributed by atoms with Crippen molar-refractivity contribution in [1.82, 2.24) is 40.4 Å². The first-order valence-corrected chi connectivity index (χ1v) is 22.5. The summed E-state index contributed by atoms with van der Waals surface area (Å²) in [7, 11) is 1.28. The number of alkyl carbamates (subject to hydrolysis) is 1. The van der Waals surface area contributed by atoms with E-state index in [0.717, 1.165) is 96.4 Å². The standard InChI is InChI=1S/C52H52N8O5/c1-65-52(64)58-46(39-14-6-3-7-15-39)51(63)60-31-11-19-44(60)48-54-33-42(56-48)37-28-24-35(25-29-37)21-20-34-22-26-36(27-23-34)41-32-53-47(55-41)43-18-10-30-59(43)50(62)45(38-12-4-2-5-13-38)57-49(61)40-16-8-9-17-40/h2-7,12-15,22-29,32-33,40,43-46H,8-11,16-19,30-31H2,1H3,(H,53,55)(H,54,56)(H,57,61)(H,58,64)/t43-,44-,45+,46+/m0/s1. The number of aromatic nitrogens is 4. The Hall–Kier alpha value is -7.46. The van der Waals surface area contributed by atoms with Crippen molar-refractivity contribution in [2.75, 3.05) is 20.2 Å². The third kappa shape index (κ3) is 9.57. The molecular weight excluding hydrogens is 817 g/mol. The Morgan fingerprint density at radius 3 is 1.49 bits per heavy atom. The van der Waals surface area contributed by atoms with E-state index in [-0.39, 0.29) is 35.7 Å². The quantitative estimate of drug-likeness (QED) is 0.0951. The van der Waals surface area contributed by atoms with Crippen LogP contribution in [0, 0.1) is 17.8 Å². The van der Waals surface area contributed by atoms with Crippen LogP contribution in [0.2, 0.25) is 0 Å². The third-order valence-corrected chi connectivity index (χ3v) is 12.9. The van der Waals surface area contributed by atoms with Crippen molar-refractivity contribution < 1.29 is 23.9 Å². The van der Waals surface area contributed by atoms with Gasteiger partial charge in [0.2, 0.25) is 11.8 Å². The Morgan fingerprint density at radius 1 is 0.600 bits per heavy atom. The van der Waals surface area contributed by atoms with Crippen molar-refractivity contribution >= 4 is 23.8 Å². The van der Waals surface area contributed by atoms with E-state index in [1.54, 1.807) is 11.1 Å². The van der Waals surface area contributed by atoms with Gasteiger partial charge in [0, 0.05) is 30.1 Å². The van der Waals surface area contributed by atoms with Gasteiger partial charge >= 0.3 is 6.09 Å². The van der Waals surface area contributed by atoms with Crippen LogP contribution in [0.1, 0.15) is 109 Å². The maximum absolute atomic E-state index is 14.2. The summed E-state index contributed by atoms with van der Waals surface area (Å²) in [5, 5.41) is 5.83. The lowest BCUT2D eigenvalue weighted by Crippen LogP contribution is -2.44. The van der Waals surface area contributed by atoms with Gasteiger partial charge in [0.05, 0.1) is 43.0 Å². The maximum Gasteiger partial charge on any atom is 0.407 e. The molecule has 2 saturated heterocycles. The minimum atomic E-state index is -0.883. The zero-order valence-corrected chi connectivity index (χ0v) is 36.3. The minimum absolute atomic E-state index is 0.0391. The highest BCUT2D eigenvalue weighted by Crippen LogP contribution is 2.36. The number of rotatable bonds is 11. The average molecular weight is 869 g/mol. The molecule has 1 saturated carbocycles. The van der Waals surface area contributed by atoms with Crippen LogP contribution in [-0.2, 0) is 19.1 Å². The van der Waals surface area contributed by atoms with Gasteiger partial charge in [-0.1, -0.05) is 110 Å². The number of imidazole rings is 2. The predicted octanol–water partition coefficient (Wildman–Crippen LogP) is 8.34. The summed E-state index contributed by atoms with van der Waals surface area (Å²) in [5.41, 5.74) is 6.76. The normalized spacial score (nSPS) is 18.1. The zero-order valence-electron chi connectivity index (χ0n) is 36.3. The van der Waals surface area contributed by atoms with Crippen molar-refractivity contribution in [3.8, 4) is 34.4 Å². The third-order valence-electron chi connectivity index (χ3n) is 12.9. The van der Waals surface area contributed by atoms with E-state index in [9.17, 15) is 19.2 Å². The molecule has 4 atom stereocenters. The van der Waals surface area contributed by atoms with Crippen LogP contribution in [0.4, 0.5) is 4.79 Å². The summed E-state index contributed by atoms with van der Waals surface area (Å²) in [6, 6.07) is 32.5. The molecule has 65 heavy (non-hydrogen) atoms. The summed E-state index contributed by atoms with van der Waals surface area (Å²) < 4.78 is 4.83. The van der Waals surface area contributed by atoms with Crippen molar-refractivity contribution in [3.05, 3.63) is 155 Å². The smallest absolute Gasteiger partial charge is 0.407 e. The van der Waals surface area contributed by atoms with Gasteiger partial charge in [-0.25, -0.2) is 14.8 Å². The summed E-state index contributed by atoms with van der Waals surface area (Å²) in [6.07, 6.45) is 9.95. The van der Waals surface area contributed by atoms with Crippen LogP contribution in [0.5, 0.6) is 0 Å². The Balaban J connectivity index is 0.830. The molecule has 4 aromatic carbocycles. The largest absolute Gasteiger partial charge is 0.453 e. The van der Waals surface area contributed by atoms with E-state index in [4.69, 9.17) is 9.72 Å². The van der Waals surface area contributed by atoms with Crippen LogP contribution in [-0.4, -0.2) is 73.7 Å². The molecule has 13 nitrogen and oxygen atoms in total. The Morgan fingerprint density at radius 2 is 1.05 bits per heavy atom. The Bertz CT molecular complexity index is 2680. The highest BCUT2D eigenvalue weighted by atomic mass is 16.5. The summed E-state index contributed by atoms with van der Waals surface area (Å²) in [6.45, 7) is 1.15. The number of H-pyrrole nitrogens is 2.